The number of hydrogen-bond acceptors (Lipinski definition) is 5. The van der Waals surface area contributed by atoms with Crippen LogP contribution in [0.5, 0.6) is 0 Å². The molecule has 0 bridgehead atoms. The molecule has 0 aliphatic rings. The molecule has 0 saturated carbocycles. The van der Waals surface area contributed by atoms with E-state index < -0.39 is 32.4 Å². The summed E-state index contributed by atoms with van der Waals surface area (Å²) >= 11 is 2.85. The van der Waals surface area contributed by atoms with Crippen LogP contribution in [0.3, 0.4) is 0 Å². The molecule has 0 fully saturated rings. The number of anilines is 2. The predicted molar refractivity (Wildman–Crippen MR) is 76.9 cm³/mol. The van der Waals surface area contributed by atoms with Crippen molar-refractivity contribution in [3.8, 4) is 0 Å². The van der Waals surface area contributed by atoms with E-state index >= 15 is 0 Å². The van der Waals surface area contributed by atoms with Crippen LogP contribution in [0.1, 0.15) is 0 Å². The molecule has 0 saturated heterocycles. The van der Waals surface area contributed by atoms with E-state index in [2.05, 4.69) is 26.3 Å². The molecule has 0 atom stereocenters. The summed E-state index contributed by atoms with van der Waals surface area (Å²) in [7, 11) is -4.20. The molecule has 1 heterocycles. The van der Waals surface area contributed by atoms with Crippen LogP contribution < -0.4 is 16.0 Å². The number of hydrogen-bond donors (Lipinski definition) is 3. The Kier molecular flexibility index (Phi) is 4.40. The molecule has 1 aromatic carbocycles. The van der Waals surface area contributed by atoms with E-state index in [4.69, 9.17) is 5.84 Å². The van der Waals surface area contributed by atoms with Gasteiger partial charge in [-0.3, -0.25) is 10.6 Å². The normalized spacial score (nSPS) is 11.2. The van der Waals surface area contributed by atoms with Gasteiger partial charge < -0.3 is 5.43 Å². The lowest BCUT2D eigenvalue weighted by Gasteiger charge is -2.11. The lowest BCUT2D eigenvalue weighted by molar-refractivity contribution is 0.578. The quantitative estimate of drug-likeness (QED) is 0.430. The van der Waals surface area contributed by atoms with Crippen molar-refractivity contribution >= 4 is 37.3 Å². The van der Waals surface area contributed by atoms with E-state index in [1.807, 2.05) is 4.72 Å². The number of pyridine rings is 1. The van der Waals surface area contributed by atoms with E-state index in [1.165, 1.54) is 18.3 Å². The van der Waals surface area contributed by atoms with Crippen LogP contribution in [-0.4, -0.2) is 13.4 Å². The molecular weight excluding hydrogens is 370 g/mol. The fourth-order valence-corrected chi connectivity index (χ4v) is 3.01. The summed E-state index contributed by atoms with van der Waals surface area (Å²) in [6.45, 7) is 0. The van der Waals surface area contributed by atoms with Gasteiger partial charge >= 0.3 is 0 Å². The van der Waals surface area contributed by atoms with E-state index in [1.54, 1.807) is 0 Å². The first kappa shape index (κ1) is 15.6. The minimum absolute atomic E-state index is 0.0339. The molecular formula is C11H9BrF2N4O2S. The van der Waals surface area contributed by atoms with Gasteiger partial charge in [0, 0.05) is 12.3 Å². The fourth-order valence-electron chi connectivity index (χ4n) is 1.51. The number of nitrogens with one attached hydrogen (secondary N) is 2. The van der Waals surface area contributed by atoms with Gasteiger partial charge in [-0.25, -0.2) is 13.8 Å². The Hall–Kier alpha value is -1.78. The first-order chi connectivity index (χ1) is 9.85. The van der Waals surface area contributed by atoms with Crippen molar-refractivity contribution < 1.29 is 17.2 Å². The molecule has 0 spiro atoms. The van der Waals surface area contributed by atoms with Gasteiger partial charge in [0.25, 0.3) is 10.0 Å². The molecule has 0 radical (unpaired) electrons. The van der Waals surface area contributed by atoms with Crippen molar-refractivity contribution in [2.24, 2.45) is 5.84 Å². The number of nitrogens with two attached hydrogens (primary N) is 1. The second-order valence-corrected chi connectivity index (χ2v) is 6.30. The Morgan fingerprint density at radius 3 is 2.57 bits per heavy atom. The van der Waals surface area contributed by atoms with Gasteiger partial charge in [-0.05, 0) is 34.1 Å². The first-order valence-corrected chi connectivity index (χ1v) is 7.72. The van der Waals surface area contributed by atoms with Gasteiger partial charge in [0.15, 0.2) is 0 Å². The summed E-state index contributed by atoms with van der Waals surface area (Å²) in [5.74, 6) is 3.29. The van der Waals surface area contributed by atoms with Gasteiger partial charge in [-0.15, -0.1) is 0 Å². The van der Waals surface area contributed by atoms with Crippen molar-refractivity contribution in [3.63, 3.8) is 0 Å². The maximum Gasteiger partial charge on any atom is 0.281 e. The zero-order valence-corrected chi connectivity index (χ0v) is 12.7. The van der Waals surface area contributed by atoms with Crippen molar-refractivity contribution in [2.75, 3.05) is 10.1 Å². The molecule has 112 valence electrons. The molecule has 10 heteroatoms. The maximum atomic E-state index is 13.6. The number of benzene rings is 1. The summed E-state index contributed by atoms with van der Waals surface area (Å²) < 4.78 is 53.0. The highest BCUT2D eigenvalue weighted by atomic mass is 79.9. The molecule has 4 N–H and O–H groups in total. The number of halogens is 3. The van der Waals surface area contributed by atoms with Crippen molar-refractivity contribution in [1.82, 2.24) is 4.98 Å². The molecule has 0 unspecified atom stereocenters. The number of nitrogen functional groups attached to an aromatic ring is 1. The lowest BCUT2D eigenvalue weighted by Crippen LogP contribution is -2.19. The van der Waals surface area contributed by atoms with Gasteiger partial charge in [-0.1, -0.05) is 0 Å². The average Bonchev–Trinajstić information content (AvgIpc) is 2.44. The summed E-state index contributed by atoms with van der Waals surface area (Å²) in [6, 6.07) is 4.39. The van der Waals surface area contributed by atoms with Crippen LogP contribution in [-0.2, 0) is 10.0 Å². The van der Waals surface area contributed by atoms with Gasteiger partial charge in [0.2, 0.25) is 5.03 Å². The van der Waals surface area contributed by atoms with Gasteiger partial charge in [0.05, 0.1) is 15.8 Å². The summed E-state index contributed by atoms with van der Waals surface area (Å²) in [5.41, 5.74) is 1.79. The largest absolute Gasteiger partial charge is 0.321 e. The van der Waals surface area contributed by atoms with E-state index in [-0.39, 0.29) is 10.2 Å². The number of rotatable bonds is 4. The number of nitrogens with zero attached hydrogens (tertiary/aromatic N) is 1. The fraction of sp³-hybridized carbons (Fsp3) is 0. The van der Waals surface area contributed by atoms with Gasteiger partial charge in [0.1, 0.15) is 11.6 Å². The number of aromatic nitrogens is 1. The molecule has 0 amide bonds. The second kappa shape index (κ2) is 5.92. The molecule has 1 aromatic heterocycles. The van der Waals surface area contributed by atoms with Crippen molar-refractivity contribution in [3.05, 3.63) is 46.6 Å². The monoisotopic (exact) mass is 378 g/mol. The van der Waals surface area contributed by atoms with Crippen LogP contribution in [0.25, 0.3) is 0 Å². The molecule has 0 aliphatic carbocycles. The lowest BCUT2D eigenvalue weighted by atomic mass is 10.3. The standard InChI is InChI=1S/C11H9BrF2N4O2S/c12-6-4-10(8(14)5-7(6)13)18-21(19,20)11-9(17-15)2-1-3-16-11/h1-5,17-18H,15H2. The molecule has 2 aromatic rings. The highest BCUT2D eigenvalue weighted by molar-refractivity contribution is 9.10. The zero-order chi connectivity index (χ0) is 15.6. The summed E-state index contributed by atoms with van der Waals surface area (Å²) in [5, 5.41) is -0.410. The minimum atomic E-state index is -4.20. The van der Waals surface area contributed by atoms with Crippen LogP contribution in [0.2, 0.25) is 0 Å². The predicted octanol–water partition coefficient (Wildman–Crippen LogP) is 2.21. The first-order valence-electron chi connectivity index (χ1n) is 5.44. The molecule has 21 heavy (non-hydrogen) atoms. The van der Waals surface area contributed by atoms with Crippen LogP contribution in [0.4, 0.5) is 20.2 Å². The summed E-state index contributed by atoms with van der Waals surface area (Å²) in [6.07, 6.45) is 1.24. The Bertz CT molecular complexity index is 786. The molecule has 2 rings (SSSR count). The van der Waals surface area contributed by atoms with E-state index in [0.29, 0.717) is 6.07 Å². The smallest absolute Gasteiger partial charge is 0.281 e. The SMILES string of the molecule is NNc1cccnc1S(=O)(=O)Nc1cc(Br)c(F)cc1F. The maximum absolute atomic E-state index is 13.6. The Balaban J connectivity index is 2.45. The van der Waals surface area contributed by atoms with Crippen molar-refractivity contribution in [2.45, 2.75) is 5.03 Å². The highest BCUT2D eigenvalue weighted by Gasteiger charge is 2.22. The molecule has 0 aliphatic heterocycles. The third-order valence-electron chi connectivity index (χ3n) is 2.44. The van der Waals surface area contributed by atoms with Crippen LogP contribution in [0, 0.1) is 11.6 Å². The zero-order valence-electron chi connectivity index (χ0n) is 10.3. The topological polar surface area (TPSA) is 97.1 Å². The van der Waals surface area contributed by atoms with E-state index in [0.717, 1.165) is 6.07 Å². The molecule has 6 nitrogen and oxygen atoms in total. The number of sulfonamides is 1. The summed E-state index contributed by atoms with van der Waals surface area (Å²) in [4.78, 5) is 3.69. The number of hydrazine groups is 1. The Labute approximate surface area is 127 Å². The third kappa shape index (κ3) is 3.28. The van der Waals surface area contributed by atoms with Crippen LogP contribution >= 0.6 is 15.9 Å². The third-order valence-corrected chi connectivity index (χ3v) is 4.37. The highest BCUT2D eigenvalue weighted by Crippen LogP contribution is 2.26. The van der Waals surface area contributed by atoms with Gasteiger partial charge in [-0.2, -0.15) is 8.42 Å². The van der Waals surface area contributed by atoms with Crippen LogP contribution in [0.15, 0.2) is 40.0 Å². The van der Waals surface area contributed by atoms with Crippen molar-refractivity contribution in [1.29, 1.82) is 0 Å². The Morgan fingerprint density at radius 2 is 1.90 bits per heavy atom. The Morgan fingerprint density at radius 1 is 1.19 bits per heavy atom. The second-order valence-electron chi connectivity index (χ2n) is 3.85. The van der Waals surface area contributed by atoms with E-state index in [9.17, 15) is 17.2 Å². The average molecular weight is 379 g/mol. The minimum Gasteiger partial charge on any atom is -0.321 e.